The van der Waals surface area contributed by atoms with Crippen molar-refractivity contribution in [2.75, 3.05) is 20.1 Å². The Morgan fingerprint density at radius 1 is 1.19 bits per heavy atom. The number of imide groups is 1. The fourth-order valence-electron chi connectivity index (χ4n) is 4.47. The van der Waals surface area contributed by atoms with Crippen LogP contribution in [0.3, 0.4) is 0 Å². The van der Waals surface area contributed by atoms with Crippen molar-refractivity contribution in [2.24, 2.45) is 0 Å². The highest BCUT2D eigenvalue weighted by Crippen LogP contribution is 2.43. The Balaban J connectivity index is 1.79. The van der Waals surface area contributed by atoms with Gasteiger partial charge in [-0.2, -0.15) is 5.26 Å². The van der Waals surface area contributed by atoms with Crippen molar-refractivity contribution in [3.8, 4) is 11.8 Å². The van der Waals surface area contributed by atoms with Crippen molar-refractivity contribution in [1.82, 2.24) is 15.1 Å². The van der Waals surface area contributed by atoms with E-state index in [0.29, 0.717) is 11.1 Å². The van der Waals surface area contributed by atoms with Gasteiger partial charge in [0.1, 0.15) is 16.9 Å². The molecule has 2 aliphatic heterocycles. The van der Waals surface area contributed by atoms with Gasteiger partial charge in [-0.15, -0.1) is 0 Å². The number of rotatable bonds is 3. The maximum atomic E-state index is 13.3. The third-order valence-corrected chi connectivity index (χ3v) is 6.14. The Morgan fingerprint density at radius 2 is 1.88 bits per heavy atom. The summed E-state index contributed by atoms with van der Waals surface area (Å²) >= 11 is 0. The average Bonchev–Trinajstić information content (AvgIpc) is 3.28. The Morgan fingerprint density at radius 3 is 2.44 bits per heavy atom. The normalized spacial score (nSPS) is 22.2. The van der Waals surface area contributed by atoms with E-state index in [1.165, 1.54) is 35.0 Å². The van der Waals surface area contributed by atoms with Crippen LogP contribution in [-0.2, 0) is 4.79 Å². The number of likely N-dealkylation sites (N-methyl/N-ethyl adjacent to an activating group) is 1. The largest absolute Gasteiger partial charge is 0.507 e. The highest BCUT2D eigenvalue weighted by atomic mass is 16.4. The topological polar surface area (TPSA) is 151 Å². The van der Waals surface area contributed by atoms with Crippen molar-refractivity contribution >= 4 is 23.8 Å². The smallest absolute Gasteiger partial charge is 0.340 e. The fourth-order valence-corrected chi connectivity index (χ4v) is 4.47. The van der Waals surface area contributed by atoms with E-state index in [2.05, 4.69) is 5.32 Å². The molecule has 0 radical (unpaired) electrons. The number of hydrogen-bond donors (Lipinski definition) is 3. The first-order chi connectivity index (χ1) is 15.2. The van der Waals surface area contributed by atoms with Gasteiger partial charge in [0.05, 0.1) is 23.7 Å². The van der Waals surface area contributed by atoms with Gasteiger partial charge in [0, 0.05) is 19.5 Å². The Kier molecular flexibility index (Phi) is 4.82. The molecule has 1 spiro atoms. The summed E-state index contributed by atoms with van der Waals surface area (Å²) in [5.41, 5.74) is -1.10. The van der Waals surface area contributed by atoms with E-state index in [0.717, 1.165) is 0 Å². The molecule has 4 rings (SSSR count). The maximum absolute atomic E-state index is 13.3. The summed E-state index contributed by atoms with van der Waals surface area (Å²) in [6.45, 7) is -0.149. The molecular formula is C22H18N4O6. The number of hydrogen-bond acceptors (Lipinski definition) is 6. The van der Waals surface area contributed by atoms with Gasteiger partial charge in [-0.05, 0) is 29.8 Å². The van der Waals surface area contributed by atoms with E-state index >= 15 is 0 Å². The lowest BCUT2D eigenvalue weighted by molar-refractivity contribution is -0.126. The van der Waals surface area contributed by atoms with Gasteiger partial charge in [0.2, 0.25) is 0 Å². The predicted octanol–water partition coefficient (Wildman–Crippen LogP) is 1.12. The van der Waals surface area contributed by atoms with Crippen LogP contribution in [0.5, 0.6) is 5.75 Å². The van der Waals surface area contributed by atoms with Crippen LogP contribution in [0, 0.1) is 11.3 Å². The van der Waals surface area contributed by atoms with Crippen molar-refractivity contribution in [2.45, 2.75) is 11.5 Å². The van der Waals surface area contributed by atoms with Crippen LogP contribution < -0.4 is 5.32 Å². The summed E-state index contributed by atoms with van der Waals surface area (Å²) in [5.74, 6) is -3.89. The molecule has 2 aromatic rings. The van der Waals surface area contributed by atoms with Gasteiger partial charge >= 0.3 is 12.0 Å². The van der Waals surface area contributed by atoms with Gasteiger partial charge < -0.3 is 20.0 Å². The quantitative estimate of drug-likeness (QED) is 0.612. The number of carboxylic acids is 1. The predicted molar refractivity (Wildman–Crippen MR) is 109 cm³/mol. The minimum Gasteiger partial charge on any atom is -0.507 e. The van der Waals surface area contributed by atoms with Crippen molar-refractivity contribution in [3.63, 3.8) is 0 Å². The zero-order valence-corrected chi connectivity index (χ0v) is 16.9. The van der Waals surface area contributed by atoms with Crippen LogP contribution in [0.4, 0.5) is 4.79 Å². The number of urea groups is 1. The van der Waals surface area contributed by atoms with Crippen LogP contribution in [0.25, 0.3) is 0 Å². The number of phenols is 1. The number of carbonyl (C=O) groups is 4. The second-order valence-electron chi connectivity index (χ2n) is 7.72. The lowest BCUT2D eigenvalue weighted by Gasteiger charge is -2.33. The summed E-state index contributed by atoms with van der Waals surface area (Å²) in [5, 5.41) is 30.8. The van der Waals surface area contributed by atoms with Gasteiger partial charge in [-0.3, -0.25) is 14.9 Å². The van der Waals surface area contributed by atoms with Crippen LogP contribution in [-0.4, -0.2) is 69.5 Å². The van der Waals surface area contributed by atoms with Gasteiger partial charge in [-0.1, -0.05) is 18.2 Å². The molecule has 0 saturated carbocycles. The molecular weight excluding hydrogens is 416 g/mol. The van der Waals surface area contributed by atoms with Crippen LogP contribution in [0.1, 0.15) is 37.8 Å². The molecule has 2 atom stereocenters. The molecule has 2 aromatic carbocycles. The van der Waals surface area contributed by atoms with E-state index in [4.69, 9.17) is 5.26 Å². The van der Waals surface area contributed by atoms with Crippen LogP contribution in [0.15, 0.2) is 42.5 Å². The standard InChI is InChI=1S/C22H18N4O6/c1-25-21(32)24-20(31)22(25)11-26(10-15(22)13-7-5-12(9-23)6-8-13)18(28)14-3-2-4-16(27)17(14)19(29)30/h2-8,15,27H,10-11H2,1H3,(H,29,30)(H,24,31,32). The minimum atomic E-state index is -1.46. The highest BCUT2D eigenvalue weighted by Gasteiger charge is 2.61. The Hall–Kier alpha value is -4.39. The number of likely N-dealkylation sites (tertiary alicyclic amines) is 1. The van der Waals surface area contributed by atoms with E-state index in [9.17, 15) is 29.4 Å². The lowest BCUT2D eigenvalue weighted by Crippen LogP contribution is -2.53. The molecule has 32 heavy (non-hydrogen) atoms. The summed E-state index contributed by atoms with van der Waals surface area (Å²) < 4.78 is 0. The van der Waals surface area contributed by atoms with E-state index in [-0.39, 0.29) is 18.7 Å². The summed E-state index contributed by atoms with van der Waals surface area (Å²) in [4.78, 5) is 52.8. The summed E-state index contributed by atoms with van der Waals surface area (Å²) in [7, 11) is 1.46. The van der Waals surface area contributed by atoms with Gasteiger partial charge in [0.15, 0.2) is 0 Å². The maximum Gasteiger partial charge on any atom is 0.340 e. The molecule has 2 aliphatic rings. The van der Waals surface area contributed by atoms with E-state index < -0.39 is 46.6 Å². The van der Waals surface area contributed by atoms with E-state index in [1.807, 2.05) is 6.07 Å². The molecule has 2 saturated heterocycles. The number of benzene rings is 2. The van der Waals surface area contributed by atoms with Gasteiger partial charge in [-0.25, -0.2) is 9.59 Å². The number of carboxylic acid groups (broad SMARTS) is 1. The Labute approximate surface area is 182 Å². The molecule has 2 heterocycles. The van der Waals surface area contributed by atoms with Crippen LogP contribution >= 0.6 is 0 Å². The lowest BCUT2D eigenvalue weighted by atomic mass is 9.81. The molecule has 10 nitrogen and oxygen atoms in total. The van der Waals surface area contributed by atoms with E-state index in [1.54, 1.807) is 24.3 Å². The first-order valence-electron chi connectivity index (χ1n) is 9.64. The third-order valence-electron chi connectivity index (χ3n) is 6.14. The zero-order valence-electron chi connectivity index (χ0n) is 16.9. The first-order valence-corrected chi connectivity index (χ1v) is 9.64. The number of nitrogens with one attached hydrogen (secondary N) is 1. The molecule has 2 unspecified atom stereocenters. The third kappa shape index (κ3) is 2.94. The molecule has 0 aromatic heterocycles. The molecule has 10 heteroatoms. The summed E-state index contributed by atoms with van der Waals surface area (Å²) in [6.07, 6.45) is 0. The zero-order chi connectivity index (χ0) is 23.2. The monoisotopic (exact) mass is 434 g/mol. The molecule has 0 bridgehead atoms. The second kappa shape index (κ2) is 7.39. The number of nitrogens with zero attached hydrogens (tertiary/aromatic N) is 3. The number of aromatic hydroxyl groups is 1. The summed E-state index contributed by atoms with van der Waals surface area (Å²) in [6, 6.07) is 11.7. The molecule has 162 valence electrons. The SMILES string of the molecule is CN1C(=O)NC(=O)C12CN(C(=O)c1cccc(O)c1C(=O)O)CC2c1ccc(C#N)cc1. The second-order valence-corrected chi connectivity index (χ2v) is 7.72. The number of amides is 4. The van der Waals surface area contributed by atoms with Crippen molar-refractivity contribution < 1.29 is 29.4 Å². The molecule has 2 fully saturated rings. The molecule has 4 amide bonds. The number of carbonyl (C=O) groups excluding carboxylic acids is 3. The van der Waals surface area contributed by atoms with Crippen molar-refractivity contribution in [1.29, 1.82) is 5.26 Å². The first kappa shape index (κ1) is 20.9. The van der Waals surface area contributed by atoms with Crippen LogP contribution in [0.2, 0.25) is 0 Å². The number of aromatic carboxylic acids is 1. The minimum absolute atomic E-state index is 0.0183. The average molecular weight is 434 g/mol. The van der Waals surface area contributed by atoms with Crippen molar-refractivity contribution in [3.05, 3.63) is 64.7 Å². The molecule has 0 aliphatic carbocycles. The number of nitriles is 1. The van der Waals surface area contributed by atoms with Gasteiger partial charge in [0.25, 0.3) is 11.8 Å². The Bertz CT molecular complexity index is 1200. The fraction of sp³-hybridized carbons (Fsp3) is 0.227. The molecule has 3 N–H and O–H groups in total. The highest BCUT2D eigenvalue weighted by molar-refractivity contribution is 6.10.